The monoisotopic (exact) mass is 1030 g/mol. The van der Waals surface area contributed by atoms with Crippen molar-refractivity contribution >= 4 is 70.8 Å². The van der Waals surface area contributed by atoms with Crippen LogP contribution in [-0.4, -0.2) is 223 Å². The summed E-state index contributed by atoms with van der Waals surface area (Å²) in [7, 11) is 0. The predicted molar refractivity (Wildman–Crippen MR) is 245 cm³/mol. The Bertz CT molecular complexity index is 1760. The molecule has 400 valence electrons. The van der Waals surface area contributed by atoms with Crippen molar-refractivity contribution in [3.63, 3.8) is 0 Å². The number of nitrogens with zero attached hydrogens (tertiary/aromatic N) is 4. The van der Waals surface area contributed by atoms with Crippen LogP contribution in [0.2, 0.25) is 0 Å². The van der Waals surface area contributed by atoms with Gasteiger partial charge in [0, 0.05) is 107 Å². The highest BCUT2D eigenvalue weighted by atomic mass is 16.6. The van der Waals surface area contributed by atoms with Crippen molar-refractivity contribution in [3.05, 3.63) is 48.6 Å². The molecule has 0 saturated carbocycles. The van der Waals surface area contributed by atoms with Crippen LogP contribution in [0.5, 0.6) is 0 Å². The van der Waals surface area contributed by atoms with E-state index in [0.29, 0.717) is 0 Å². The second-order valence-electron chi connectivity index (χ2n) is 16.2. The summed E-state index contributed by atoms with van der Waals surface area (Å²) in [6, 6.07) is 0. The molecule has 0 spiro atoms. The maximum atomic E-state index is 12.4. The highest BCUT2D eigenvalue weighted by Gasteiger charge is 2.33. The van der Waals surface area contributed by atoms with Crippen LogP contribution >= 0.6 is 0 Å². The van der Waals surface area contributed by atoms with Crippen molar-refractivity contribution in [1.29, 1.82) is 0 Å². The summed E-state index contributed by atoms with van der Waals surface area (Å²) in [5, 5.41) is 7.61. The van der Waals surface area contributed by atoms with Gasteiger partial charge in [0.1, 0.15) is 26.0 Å². The summed E-state index contributed by atoms with van der Waals surface area (Å²) in [6.07, 6.45) is 8.69. The zero-order valence-electron chi connectivity index (χ0n) is 40.3. The van der Waals surface area contributed by atoms with Gasteiger partial charge in [0.25, 0.3) is 47.3 Å². The number of ether oxygens (including phenoxy) is 8. The number of carbonyl (C=O) groups excluding carboxylic acids is 12. The number of hydrogen-bond acceptors (Lipinski definition) is 20. The van der Waals surface area contributed by atoms with Gasteiger partial charge >= 0.3 is 0 Å². The molecular formula is C46H61N7O20. The highest BCUT2D eigenvalue weighted by molar-refractivity contribution is 6.14. The summed E-state index contributed by atoms with van der Waals surface area (Å²) >= 11 is 0. The molecule has 0 saturated heterocycles. The average molecular weight is 1030 g/mol. The Morgan fingerprint density at radius 1 is 0.329 bits per heavy atom. The van der Waals surface area contributed by atoms with Crippen molar-refractivity contribution < 1.29 is 95.4 Å². The minimum Gasteiger partial charge on any atom is -0.379 e. The molecule has 0 atom stereocenters. The minimum absolute atomic E-state index is 0.0153. The Hall–Kier alpha value is -6.72. The summed E-state index contributed by atoms with van der Waals surface area (Å²) in [4.78, 5) is 147. The van der Waals surface area contributed by atoms with Crippen LogP contribution in [0.25, 0.3) is 0 Å². The standard InChI is InChI=1S/C46H61N7O20/c54-34(9-14-50-38(58)1-2-39(50)59)13-18-66-19-20-67-27-46(28-68-21-24-71-31-47-35(55)10-15-51-40(60)3-4-41(51)61,29-69-22-25-72-32-48-36(56)11-16-52-42(62)5-6-43(52)63)30-70-23-26-73-33-49-37(57)12-17-53-44(64)7-8-45(53)65/h1-8H,9-33H2,(H,47,55)(H,48,56)(H,49,57). The lowest BCUT2D eigenvalue weighted by atomic mass is 9.92. The van der Waals surface area contributed by atoms with E-state index in [0.717, 1.165) is 68.2 Å². The Morgan fingerprint density at radius 2 is 0.575 bits per heavy atom. The average Bonchev–Trinajstić information content (AvgIpc) is 4.09. The van der Waals surface area contributed by atoms with E-state index in [9.17, 15) is 57.5 Å². The molecule has 11 amide bonds. The van der Waals surface area contributed by atoms with Crippen molar-refractivity contribution in [2.24, 2.45) is 5.41 Å². The number of carbonyl (C=O) groups is 12. The first-order valence-corrected chi connectivity index (χ1v) is 23.3. The number of amides is 11. The van der Waals surface area contributed by atoms with Crippen LogP contribution < -0.4 is 16.0 Å². The molecule has 4 aliphatic rings. The molecule has 0 bridgehead atoms. The zero-order chi connectivity index (χ0) is 52.9. The molecule has 27 heteroatoms. The molecule has 27 nitrogen and oxygen atoms in total. The van der Waals surface area contributed by atoms with E-state index in [1.54, 1.807) is 0 Å². The maximum Gasteiger partial charge on any atom is 0.253 e. The summed E-state index contributed by atoms with van der Waals surface area (Å²) < 4.78 is 46.1. The fourth-order valence-corrected chi connectivity index (χ4v) is 6.65. The van der Waals surface area contributed by atoms with Crippen LogP contribution in [0.1, 0.15) is 32.1 Å². The van der Waals surface area contributed by atoms with Gasteiger partial charge < -0.3 is 53.8 Å². The number of ketones is 1. The normalized spacial score (nSPS) is 15.4. The molecule has 4 rings (SSSR count). The summed E-state index contributed by atoms with van der Waals surface area (Å²) in [5.41, 5.74) is -1.01. The molecule has 4 heterocycles. The van der Waals surface area contributed by atoms with E-state index in [1.807, 2.05) is 0 Å². The minimum atomic E-state index is -1.01. The highest BCUT2D eigenvalue weighted by Crippen LogP contribution is 2.21. The Balaban J connectivity index is 1.24. The predicted octanol–water partition coefficient (Wildman–Crippen LogP) is -3.45. The first kappa shape index (κ1) is 58.8. The van der Waals surface area contributed by atoms with E-state index in [2.05, 4.69) is 16.0 Å². The Kier molecular flexibility index (Phi) is 26.1. The molecule has 4 aliphatic heterocycles. The van der Waals surface area contributed by atoms with Gasteiger partial charge in [-0.1, -0.05) is 0 Å². The number of nitrogens with one attached hydrogen (secondary N) is 3. The number of hydrogen-bond donors (Lipinski definition) is 3. The fourth-order valence-electron chi connectivity index (χ4n) is 6.65. The second-order valence-corrected chi connectivity index (χ2v) is 16.2. The number of imide groups is 4. The molecular weight excluding hydrogens is 971 g/mol. The largest absolute Gasteiger partial charge is 0.379 e. The van der Waals surface area contributed by atoms with E-state index >= 15 is 0 Å². The zero-order valence-corrected chi connectivity index (χ0v) is 40.3. The fraction of sp³-hybridized carbons (Fsp3) is 0.565. The van der Waals surface area contributed by atoms with Crippen LogP contribution in [0.3, 0.4) is 0 Å². The van der Waals surface area contributed by atoms with Crippen LogP contribution in [0.15, 0.2) is 48.6 Å². The van der Waals surface area contributed by atoms with Crippen molar-refractivity contribution in [3.8, 4) is 0 Å². The second kappa shape index (κ2) is 32.4. The number of rotatable bonds is 41. The number of Topliss-reactive ketones (excluding diaryl/α,β-unsaturated/α-hetero) is 1. The third kappa shape index (κ3) is 21.9. The van der Waals surface area contributed by atoms with Gasteiger partial charge in [-0.25, -0.2) is 0 Å². The van der Waals surface area contributed by atoms with Gasteiger partial charge in [-0.2, -0.15) is 0 Å². The third-order valence-electron chi connectivity index (χ3n) is 10.7. The van der Waals surface area contributed by atoms with E-state index < -0.39 is 70.4 Å². The third-order valence-corrected chi connectivity index (χ3v) is 10.7. The molecule has 0 aromatic carbocycles. The maximum absolute atomic E-state index is 12.4. The van der Waals surface area contributed by atoms with E-state index in [4.69, 9.17) is 37.9 Å². The smallest absolute Gasteiger partial charge is 0.253 e. The van der Waals surface area contributed by atoms with Crippen molar-refractivity contribution in [1.82, 2.24) is 35.6 Å². The molecule has 73 heavy (non-hydrogen) atoms. The molecule has 0 unspecified atom stereocenters. The quantitative estimate of drug-likeness (QED) is 0.0305. The van der Waals surface area contributed by atoms with Crippen LogP contribution in [0.4, 0.5) is 0 Å². The SMILES string of the molecule is O=C(CCOCCOCC(COCCOCNC(=O)CCN1C(=O)C=CC1=O)(COCCOCNC(=O)CCN1C(=O)C=CC1=O)COCCOCNC(=O)CCN1C(=O)C=CC1=O)CCN1C(=O)C=CC1=O. The van der Waals surface area contributed by atoms with Gasteiger partial charge in [-0.3, -0.25) is 77.1 Å². The van der Waals surface area contributed by atoms with Gasteiger partial charge in [0.05, 0.1) is 91.3 Å². The lowest BCUT2D eigenvalue weighted by molar-refractivity contribution is -0.139. The first-order valence-electron chi connectivity index (χ1n) is 23.3. The van der Waals surface area contributed by atoms with Gasteiger partial charge in [0.2, 0.25) is 17.7 Å². The lowest BCUT2D eigenvalue weighted by Gasteiger charge is -2.33. The van der Waals surface area contributed by atoms with Gasteiger partial charge in [-0.05, 0) is 0 Å². The van der Waals surface area contributed by atoms with Crippen LogP contribution in [0, 0.1) is 5.41 Å². The molecule has 0 aromatic heterocycles. The van der Waals surface area contributed by atoms with Crippen molar-refractivity contribution in [2.45, 2.75) is 32.1 Å². The molecule has 0 aliphatic carbocycles. The van der Waals surface area contributed by atoms with Crippen molar-refractivity contribution in [2.75, 3.05) is 132 Å². The topological polar surface area (TPSA) is 328 Å². The Morgan fingerprint density at radius 3 is 0.863 bits per heavy atom. The molecule has 3 N–H and O–H groups in total. The first-order chi connectivity index (χ1) is 35.2. The van der Waals surface area contributed by atoms with Gasteiger partial charge in [0.15, 0.2) is 0 Å². The van der Waals surface area contributed by atoms with E-state index in [1.165, 1.54) is 0 Å². The Labute approximate surface area is 419 Å². The lowest BCUT2D eigenvalue weighted by Crippen LogP contribution is -2.43. The van der Waals surface area contributed by atoms with Gasteiger partial charge in [-0.15, -0.1) is 0 Å². The molecule has 0 aromatic rings. The summed E-state index contributed by atoms with van der Waals surface area (Å²) in [5.74, 6) is -5.50. The summed E-state index contributed by atoms with van der Waals surface area (Å²) in [6.45, 7) is -0.539. The molecule has 0 radical (unpaired) electrons. The van der Waals surface area contributed by atoms with E-state index in [-0.39, 0.29) is 170 Å². The molecule has 0 fully saturated rings. The van der Waals surface area contributed by atoms with Crippen LogP contribution in [-0.2, 0) is 95.4 Å².